The van der Waals surface area contributed by atoms with Gasteiger partial charge in [0.05, 0.1) is 0 Å². The molecule has 1 amide bonds. The third-order valence-electron chi connectivity index (χ3n) is 4.24. The molecule has 1 aromatic heterocycles. The van der Waals surface area contributed by atoms with Gasteiger partial charge in [-0.2, -0.15) is 0 Å². The molecule has 1 aromatic carbocycles. The number of anilines is 1. The lowest BCUT2D eigenvalue weighted by molar-refractivity contribution is -0.178. The van der Waals surface area contributed by atoms with Crippen molar-refractivity contribution in [1.29, 1.82) is 0 Å². The Morgan fingerprint density at radius 2 is 1.62 bits per heavy atom. The zero-order valence-corrected chi connectivity index (χ0v) is 17.9. The van der Waals surface area contributed by atoms with E-state index in [1.807, 2.05) is 0 Å². The highest BCUT2D eigenvalue weighted by atomic mass is 16.6. The maximum atomic E-state index is 13.0. The van der Waals surface area contributed by atoms with E-state index in [9.17, 15) is 14.7 Å². The average Bonchev–Trinajstić information content (AvgIpc) is 2.61. The fourth-order valence-corrected chi connectivity index (χ4v) is 2.63. The third kappa shape index (κ3) is 5.87. The van der Waals surface area contributed by atoms with Crippen molar-refractivity contribution in [2.75, 3.05) is 5.32 Å². The van der Waals surface area contributed by atoms with Gasteiger partial charge in [0.15, 0.2) is 5.60 Å². The molecule has 0 aliphatic rings. The molecule has 0 aliphatic heterocycles. The van der Waals surface area contributed by atoms with Gasteiger partial charge in [-0.1, -0.05) is 57.2 Å². The summed E-state index contributed by atoms with van der Waals surface area (Å²) in [5.74, 6) is -0.656. The van der Waals surface area contributed by atoms with Gasteiger partial charge in [-0.25, -0.2) is 9.78 Å². The molecule has 2 N–H and O–H groups in total. The first kappa shape index (κ1) is 22.6. The van der Waals surface area contributed by atoms with Crippen molar-refractivity contribution in [3.05, 3.63) is 59.8 Å². The van der Waals surface area contributed by atoms with Crippen LogP contribution in [0.25, 0.3) is 0 Å². The van der Waals surface area contributed by atoms with Crippen LogP contribution in [-0.2, 0) is 26.3 Å². The minimum Gasteiger partial charge on any atom is -0.458 e. The zero-order chi connectivity index (χ0) is 21.9. The molecule has 29 heavy (non-hydrogen) atoms. The van der Waals surface area contributed by atoms with Crippen LogP contribution in [0, 0.1) is 5.41 Å². The van der Waals surface area contributed by atoms with Crippen molar-refractivity contribution in [3.63, 3.8) is 0 Å². The van der Waals surface area contributed by atoms with Crippen LogP contribution in [0.3, 0.4) is 0 Å². The maximum absolute atomic E-state index is 13.0. The molecule has 1 heterocycles. The van der Waals surface area contributed by atoms with Crippen LogP contribution in [-0.4, -0.2) is 27.6 Å². The number of aromatic nitrogens is 1. The van der Waals surface area contributed by atoms with E-state index in [1.54, 1.807) is 90.2 Å². The Hall–Kier alpha value is -2.73. The summed E-state index contributed by atoms with van der Waals surface area (Å²) in [6, 6.07) is 12.1. The van der Waals surface area contributed by atoms with E-state index in [2.05, 4.69) is 10.3 Å². The van der Waals surface area contributed by atoms with E-state index in [0.717, 1.165) is 0 Å². The molecule has 156 valence electrons. The predicted octanol–water partition coefficient (Wildman–Crippen LogP) is 3.84. The molecule has 2 aromatic rings. The standard InChI is InChI=1S/C23H30N2O4/c1-21(2,3)19(26)25-18-16(11-10-14-24-18)15-23(28,17-12-8-7-9-13-17)20(27)29-22(4,5)6/h7-14,28H,15H2,1-6H3,(H,24,25,26). The van der Waals surface area contributed by atoms with Crippen molar-refractivity contribution in [1.82, 2.24) is 4.98 Å². The van der Waals surface area contributed by atoms with E-state index in [1.165, 1.54) is 0 Å². The number of carbonyl (C=O) groups is 2. The highest BCUT2D eigenvalue weighted by Gasteiger charge is 2.42. The van der Waals surface area contributed by atoms with Crippen LogP contribution in [0.2, 0.25) is 0 Å². The quantitative estimate of drug-likeness (QED) is 0.747. The number of hydrogen-bond acceptors (Lipinski definition) is 5. The molecule has 0 aliphatic carbocycles. The van der Waals surface area contributed by atoms with Gasteiger partial charge < -0.3 is 15.2 Å². The first-order valence-electron chi connectivity index (χ1n) is 9.60. The summed E-state index contributed by atoms with van der Waals surface area (Å²) in [6.45, 7) is 10.6. The maximum Gasteiger partial charge on any atom is 0.343 e. The molecule has 0 saturated carbocycles. The van der Waals surface area contributed by atoms with Crippen molar-refractivity contribution in [2.24, 2.45) is 5.41 Å². The van der Waals surface area contributed by atoms with Crippen molar-refractivity contribution in [2.45, 2.75) is 59.2 Å². The number of amides is 1. The van der Waals surface area contributed by atoms with Crippen LogP contribution in [0.4, 0.5) is 5.82 Å². The SMILES string of the molecule is CC(C)(C)OC(=O)C(O)(Cc1cccnc1NC(=O)C(C)(C)C)c1ccccc1. The normalized spacial score (nSPS) is 14.0. The van der Waals surface area contributed by atoms with Crippen molar-refractivity contribution in [3.8, 4) is 0 Å². The number of carbonyl (C=O) groups excluding carboxylic acids is 2. The summed E-state index contributed by atoms with van der Waals surface area (Å²) in [4.78, 5) is 29.7. The molecule has 0 radical (unpaired) electrons. The fraction of sp³-hybridized carbons (Fsp3) is 0.435. The van der Waals surface area contributed by atoms with Gasteiger partial charge in [0.1, 0.15) is 11.4 Å². The minimum atomic E-state index is -1.93. The van der Waals surface area contributed by atoms with Gasteiger partial charge in [0.25, 0.3) is 0 Å². The van der Waals surface area contributed by atoms with Gasteiger partial charge in [-0.3, -0.25) is 4.79 Å². The molecular weight excluding hydrogens is 368 g/mol. The lowest BCUT2D eigenvalue weighted by Gasteiger charge is -2.31. The Kier molecular flexibility index (Phi) is 6.48. The molecule has 0 bridgehead atoms. The Labute approximate surface area is 172 Å². The average molecular weight is 399 g/mol. The molecule has 6 nitrogen and oxygen atoms in total. The number of nitrogens with zero attached hydrogens (tertiary/aromatic N) is 1. The predicted molar refractivity (Wildman–Crippen MR) is 112 cm³/mol. The summed E-state index contributed by atoms with van der Waals surface area (Å²) in [5, 5.41) is 14.3. The monoisotopic (exact) mass is 398 g/mol. The Morgan fingerprint density at radius 3 is 2.17 bits per heavy atom. The number of nitrogens with one attached hydrogen (secondary N) is 1. The molecule has 1 atom stereocenters. The first-order valence-corrected chi connectivity index (χ1v) is 9.60. The summed E-state index contributed by atoms with van der Waals surface area (Å²) >= 11 is 0. The molecule has 6 heteroatoms. The number of ether oxygens (including phenoxy) is 1. The van der Waals surface area contributed by atoms with E-state index < -0.39 is 22.6 Å². The van der Waals surface area contributed by atoms with E-state index in [0.29, 0.717) is 16.9 Å². The molecule has 0 saturated heterocycles. The van der Waals surface area contributed by atoms with Gasteiger partial charge >= 0.3 is 5.97 Å². The number of benzene rings is 1. The Morgan fingerprint density at radius 1 is 1.00 bits per heavy atom. The Bertz CT molecular complexity index is 866. The molecular formula is C23H30N2O4. The summed E-state index contributed by atoms with van der Waals surface area (Å²) < 4.78 is 5.51. The third-order valence-corrected chi connectivity index (χ3v) is 4.24. The number of pyridine rings is 1. The minimum absolute atomic E-state index is 0.0977. The number of rotatable bonds is 5. The van der Waals surface area contributed by atoms with Crippen molar-refractivity contribution >= 4 is 17.7 Å². The van der Waals surface area contributed by atoms with Crippen molar-refractivity contribution < 1.29 is 19.4 Å². The van der Waals surface area contributed by atoms with Gasteiger partial charge in [0.2, 0.25) is 5.91 Å². The van der Waals surface area contributed by atoms with E-state index in [4.69, 9.17) is 4.74 Å². The first-order chi connectivity index (χ1) is 13.3. The van der Waals surface area contributed by atoms with Crippen LogP contribution < -0.4 is 5.32 Å². The van der Waals surface area contributed by atoms with Crippen LogP contribution >= 0.6 is 0 Å². The Balaban J connectivity index is 2.45. The largest absolute Gasteiger partial charge is 0.458 e. The lowest BCUT2D eigenvalue weighted by atomic mass is 9.87. The van der Waals surface area contributed by atoms with E-state index >= 15 is 0 Å². The topological polar surface area (TPSA) is 88.5 Å². The second-order valence-electron chi connectivity index (χ2n) is 9.12. The van der Waals surface area contributed by atoms with Crippen LogP contribution in [0.15, 0.2) is 48.7 Å². The summed E-state index contributed by atoms with van der Waals surface area (Å²) in [7, 11) is 0. The smallest absolute Gasteiger partial charge is 0.343 e. The van der Waals surface area contributed by atoms with Gasteiger partial charge in [-0.15, -0.1) is 0 Å². The zero-order valence-electron chi connectivity index (χ0n) is 17.9. The lowest BCUT2D eigenvalue weighted by Crippen LogP contribution is -2.43. The second kappa shape index (κ2) is 8.33. The van der Waals surface area contributed by atoms with Gasteiger partial charge in [0, 0.05) is 18.0 Å². The van der Waals surface area contributed by atoms with Crippen LogP contribution in [0.5, 0.6) is 0 Å². The molecule has 1 unspecified atom stereocenters. The number of hydrogen-bond donors (Lipinski definition) is 2. The highest BCUT2D eigenvalue weighted by molar-refractivity contribution is 5.94. The number of esters is 1. The summed E-state index contributed by atoms with van der Waals surface area (Å²) in [6.07, 6.45) is 1.45. The molecule has 0 fully saturated rings. The van der Waals surface area contributed by atoms with E-state index in [-0.39, 0.29) is 12.3 Å². The molecule has 0 spiro atoms. The van der Waals surface area contributed by atoms with Crippen LogP contribution in [0.1, 0.15) is 52.7 Å². The fourth-order valence-electron chi connectivity index (χ4n) is 2.63. The molecule has 2 rings (SSSR count). The van der Waals surface area contributed by atoms with Gasteiger partial charge in [-0.05, 0) is 38.0 Å². The highest BCUT2D eigenvalue weighted by Crippen LogP contribution is 2.31. The number of aliphatic hydroxyl groups is 1. The summed E-state index contributed by atoms with van der Waals surface area (Å²) in [5.41, 5.74) is -2.37. The second-order valence-corrected chi connectivity index (χ2v) is 9.12.